The van der Waals surface area contributed by atoms with E-state index in [1.165, 1.54) is 0 Å². The molecule has 1 aromatic carbocycles. The van der Waals surface area contributed by atoms with E-state index < -0.39 is 0 Å². The van der Waals surface area contributed by atoms with E-state index in [1.54, 1.807) is 12.0 Å². The van der Waals surface area contributed by atoms with E-state index >= 15 is 0 Å². The lowest BCUT2D eigenvalue weighted by molar-refractivity contribution is 0.0746. The molecule has 0 atom stereocenters. The van der Waals surface area contributed by atoms with Crippen molar-refractivity contribution in [2.45, 2.75) is 26.8 Å². The van der Waals surface area contributed by atoms with Crippen LogP contribution < -0.4 is 4.74 Å². The highest BCUT2D eigenvalue weighted by molar-refractivity contribution is 5.92. The van der Waals surface area contributed by atoms with Gasteiger partial charge in [-0.15, -0.1) is 0 Å². The molecule has 0 aliphatic heterocycles. The number of methoxy groups -OCH3 is 1. The third kappa shape index (κ3) is 3.62. The average molecular weight is 287 g/mol. The molecule has 21 heavy (non-hydrogen) atoms. The number of rotatable bonds is 6. The lowest BCUT2D eigenvalue weighted by atomic mass is 10.2. The van der Waals surface area contributed by atoms with Crippen molar-refractivity contribution in [1.82, 2.24) is 15.1 Å². The quantitative estimate of drug-likeness (QED) is 0.888. The van der Waals surface area contributed by atoms with Crippen LogP contribution in [0, 0.1) is 0 Å². The summed E-state index contributed by atoms with van der Waals surface area (Å²) in [7, 11) is 1.64. The molecule has 0 saturated carbocycles. The van der Waals surface area contributed by atoms with Gasteiger partial charge in [0, 0.05) is 18.8 Å². The van der Waals surface area contributed by atoms with Gasteiger partial charge in [0.1, 0.15) is 11.4 Å². The maximum atomic E-state index is 12.5. The average Bonchev–Trinajstić information content (AvgIpc) is 3.01. The lowest BCUT2D eigenvalue weighted by Gasteiger charge is -2.20. The zero-order valence-corrected chi connectivity index (χ0v) is 12.7. The molecule has 0 radical (unpaired) electrons. The Balaban J connectivity index is 2.09. The van der Waals surface area contributed by atoms with Gasteiger partial charge in [0.25, 0.3) is 5.91 Å². The van der Waals surface area contributed by atoms with Crippen molar-refractivity contribution in [3.8, 4) is 5.75 Å². The standard InChI is InChI=1S/C16H21N3O2/c1-4-13-10-15(18-17-13)16(20)19(5-2)11-12-6-8-14(21-3)9-7-12/h6-10H,4-5,11H2,1-3H3,(H,17,18). The molecule has 0 fully saturated rings. The smallest absolute Gasteiger partial charge is 0.274 e. The number of aromatic nitrogens is 2. The van der Waals surface area contributed by atoms with Gasteiger partial charge in [-0.3, -0.25) is 9.89 Å². The SMILES string of the molecule is CCc1cc(C(=O)N(CC)Cc2ccc(OC)cc2)n[nH]1. The zero-order valence-electron chi connectivity index (χ0n) is 12.7. The molecule has 1 heterocycles. The molecule has 5 nitrogen and oxygen atoms in total. The second-order valence-electron chi connectivity index (χ2n) is 4.80. The van der Waals surface area contributed by atoms with Crippen LogP contribution in [0.5, 0.6) is 5.75 Å². The van der Waals surface area contributed by atoms with E-state index in [1.807, 2.05) is 44.2 Å². The predicted octanol–water partition coefficient (Wildman–Crippen LogP) is 2.64. The van der Waals surface area contributed by atoms with Crippen molar-refractivity contribution in [2.24, 2.45) is 0 Å². The van der Waals surface area contributed by atoms with Crippen LogP contribution in [0.1, 0.15) is 35.6 Å². The number of carbonyl (C=O) groups is 1. The highest BCUT2D eigenvalue weighted by atomic mass is 16.5. The first-order valence-electron chi connectivity index (χ1n) is 7.14. The van der Waals surface area contributed by atoms with Crippen molar-refractivity contribution in [1.29, 1.82) is 0 Å². The van der Waals surface area contributed by atoms with Crippen molar-refractivity contribution in [3.63, 3.8) is 0 Å². The number of H-pyrrole nitrogens is 1. The Kier molecular flexibility index (Phi) is 4.98. The molecule has 1 N–H and O–H groups in total. The highest BCUT2D eigenvalue weighted by Gasteiger charge is 2.17. The van der Waals surface area contributed by atoms with Gasteiger partial charge in [0.05, 0.1) is 7.11 Å². The van der Waals surface area contributed by atoms with Crippen LogP contribution in [0.4, 0.5) is 0 Å². The molecule has 0 unspecified atom stereocenters. The molecule has 0 saturated heterocycles. The molecule has 0 aliphatic rings. The molecule has 0 bridgehead atoms. The number of carbonyl (C=O) groups excluding carboxylic acids is 1. The van der Waals surface area contributed by atoms with Gasteiger partial charge < -0.3 is 9.64 Å². The van der Waals surface area contributed by atoms with Crippen molar-refractivity contribution in [2.75, 3.05) is 13.7 Å². The number of nitrogens with one attached hydrogen (secondary N) is 1. The number of hydrogen-bond donors (Lipinski definition) is 1. The van der Waals surface area contributed by atoms with Crippen LogP contribution >= 0.6 is 0 Å². The van der Waals surface area contributed by atoms with Gasteiger partial charge in [-0.1, -0.05) is 19.1 Å². The van der Waals surface area contributed by atoms with Crippen molar-refractivity contribution < 1.29 is 9.53 Å². The second kappa shape index (κ2) is 6.92. The maximum absolute atomic E-state index is 12.5. The van der Waals surface area contributed by atoms with E-state index in [0.717, 1.165) is 23.4 Å². The molecule has 2 aromatic rings. The monoisotopic (exact) mass is 287 g/mol. The topological polar surface area (TPSA) is 58.2 Å². The summed E-state index contributed by atoms with van der Waals surface area (Å²) in [5.74, 6) is 0.761. The van der Waals surface area contributed by atoms with Gasteiger partial charge in [-0.05, 0) is 37.1 Å². The first-order chi connectivity index (χ1) is 10.2. The van der Waals surface area contributed by atoms with Crippen LogP contribution in [-0.2, 0) is 13.0 Å². The number of hydrogen-bond acceptors (Lipinski definition) is 3. The van der Waals surface area contributed by atoms with Crippen LogP contribution in [0.2, 0.25) is 0 Å². The Bertz CT molecular complexity index is 590. The van der Waals surface area contributed by atoms with E-state index in [4.69, 9.17) is 4.74 Å². The fraction of sp³-hybridized carbons (Fsp3) is 0.375. The summed E-state index contributed by atoms with van der Waals surface area (Å²) in [4.78, 5) is 14.2. The number of aryl methyl sites for hydroxylation is 1. The number of benzene rings is 1. The molecule has 0 spiro atoms. The number of nitrogens with zero attached hydrogens (tertiary/aromatic N) is 2. The summed E-state index contributed by atoms with van der Waals surface area (Å²) >= 11 is 0. The Morgan fingerprint density at radius 2 is 2.00 bits per heavy atom. The maximum Gasteiger partial charge on any atom is 0.274 e. The number of ether oxygens (including phenoxy) is 1. The normalized spacial score (nSPS) is 10.4. The van der Waals surface area contributed by atoms with E-state index in [-0.39, 0.29) is 5.91 Å². The van der Waals surface area contributed by atoms with Crippen molar-refractivity contribution >= 4 is 5.91 Å². The van der Waals surface area contributed by atoms with Gasteiger partial charge >= 0.3 is 0 Å². The van der Waals surface area contributed by atoms with Crippen LogP contribution in [-0.4, -0.2) is 34.7 Å². The Morgan fingerprint density at radius 1 is 1.29 bits per heavy atom. The summed E-state index contributed by atoms with van der Waals surface area (Å²) < 4.78 is 5.14. The lowest BCUT2D eigenvalue weighted by Crippen LogP contribution is -2.30. The minimum absolute atomic E-state index is 0.0516. The first-order valence-corrected chi connectivity index (χ1v) is 7.14. The minimum atomic E-state index is -0.0516. The van der Waals surface area contributed by atoms with E-state index in [9.17, 15) is 4.79 Å². The Hall–Kier alpha value is -2.30. The molecule has 5 heteroatoms. The molecule has 0 aliphatic carbocycles. The summed E-state index contributed by atoms with van der Waals surface area (Å²) in [5, 5.41) is 6.97. The molecule has 1 aromatic heterocycles. The van der Waals surface area contributed by atoms with Crippen molar-refractivity contribution in [3.05, 3.63) is 47.3 Å². The third-order valence-corrected chi connectivity index (χ3v) is 3.43. The molecular formula is C16H21N3O2. The van der Waals surface area contributed by atoms with Crippen LogP contribution in [0.15, 0.2) is 30.3 Å². The van der Waals surface area contributed by atoms with E-state index in [2.05, 4.69) is 10.2 Å². The first kappa shape index (κ1) is 15.1. The fourth-order valence-electron chi connectivity index (χ4n) is 2.09. The number of amides is 1. The van der Waals surface area contributed by atoms with Gasteiger partial charge in [-0.25, -0.2) is 0 Å². The van der Waals surface area contributed by atoms with Gasteiger partial charge in [-0.2, -0.15) is 5.10 Å². The Labute approximate surface area is 124 Å². The second-order valence-corrected chi connectivity index (χ2v) is 4.80. The Morgan fingerprint density at radius 3 is 2.52 bits per heavy atom. The predicted molar refractivity (Wildman–Crippen MR) is 81.4 cm³/mol. The zero-order chi connectivity index (χ0) is 15.2. The van der Waals surface area contributed by atoms with Crippen LogP contribution in [0.25, 0.3) is 0 Å². The highest BCUT2D eigenvalue weighted by Crippen LogP contribution is 2.14. The third-order valence-electron chi connectivity index (χ3n) is 3.43. The number of aromatic amines is 1. The molecular weight excluding hydrogens is 266 g/mol. The summed E-state index contributed by atoms with van der Waals surface area (Å²) in [6, 6.07) is 9.56. The molecule has 2 rings (SSSR count). The fourth-order valence-corrected chi connectivity index (χ4v) is 2.09. The molecule has 112 valence electrons. The summed E-state index contributed by atoms with van der Waals surface area (Å²) in [6.45, 7) is 5.19. The van der Waals surface area contributed by atoms with E-state index in [0.29, 0.717) is 18.8 Å². The van der Waals surface area contributed by atoms with Gasteiger partial charge in [0.2, 0.25) is 0 Å². The molecule has 1 amide bonds. The minimum Gasteiger partial charge on any atom is -0.497 e. The summed E-state index contributed by atoms with van der Waals surface area (Å²) in [5.41, 5.74) is 2.51. The largest absolute Gasteiger partial charge is 0.497 e. The van der Waals surface area contributed by atoms with Crippen LogP contribution in [0.3, 0.4) is 0 Å². The van der Waals surface area contributed by atoms with Gasteiger partial charge in [0.15, 0.2) is 0 Å². The summed E-state index contributed by atoms with van der Waals surface area (Å²) in [6.07, 6.45) is 0.838.